The molecular weight excluding hydrogens is 743 g/mol. The van der Waals surface area contributed by atoms with E-state index in [0.29, 0.717) is 0 Å². The van der Waals surface area contributed by atoms with E-state index in [1.807, 2.05) is 0 Å². The molecule has 0 aliphatic heterocycles. The Morgan fingerprint density at radius 3 is 0.407 bits per heavy atom. The maximum Gasteiger partial charge on any atom is 0.424 e. The van der Waals surface area contributed by atoms with Gasteiger partial charge >= 0.3 is 7.87 Å². The van der Waals surface area contributed by atoms with Gasteiger partial charge in [-0.1, -0.05) is 146 Å². The van der Waals surface area contributed by atoms with Crippen LogP contribution < -0.4 is 35.7 Å². The van der Waals surface area contributed by atoms with Gasteiger partial charge in [0.15, 0.2) is 0 Å². The van der Waals surface area contributed by atoms with Crippen LogP contribution in [0.4, 0.5) is 45.5 Å². The van der Waals surface area contributed by atoms with E-state index >= 15 is 0 Å². The molecule has 0 atom stereocenters. The molecule has 4 nitrogen and oxygen atoms in total. The lowest BCUT2D eigenvalue weighted by Crippen LogP contribution is -3.00. The van der Waals surface area contributed by atoms with E-state index in [9.17, 15) is 0 Å². The molecule has 0 spiro atoms. The highest BCUT2D eigenvalue weighted by Crippen LogP contribution is 2.80. The fourth-order valence-electron chi connectivity index (χ4n) is 6.93. The lowest BCUT2D eigenvalue weighted by Gasteiger charge is -2.52. The van der Waals surface area contributed by atoms with Crippen LogP contribution in [-0.4, -0.2) is 0 Å². The van der Waals surface area contributed by atoms with Crippen molar-refractivity contribution in [3.63, 3.8) is 0 Å². The zero-order chi connectivity index (χ0) is 35.7. The summed E-state index contributed by atoms with van der Waals surface area (Å²) in [5.74, 6) is 0. The van der Waals surface area contributed by atoms with E-state index in [1.54, 1.807) is 0 Å². The van der Waals surface area contributed by atoms with Crippen LogP contribution in [-0.2, 0) is 0 Å². The minimum absolute atomic E-state index is 0. The van der Waals surface area contributed by atoms with Crippen LogP contribution in [0.1, 0.15) is 0 Å². The number of nitrogens with zero attached hydrogens (tertiary/aromatic N) is 4. The normalized spacial score (nSPS) is 10.8. The first-order chi connectivity index (χ1) is 26.4. The fraction of sp³-hybridized carbons (Fsp3) is 0. The molecule has 0 saturated heterocycles. The van der Waals surface area contributed by atoms with Gasteiger partial charge in [-0.15, -0.1) is 0 Å². The molecule has 8 aromatic rings. The Labute approximate surface area is 330 Å². The summed E-state index contributed by atoms with van der Waals surface area (Å²) in [6.45, 7) is 0. The van der Waals surface area contributed by atoms with Gasteiger partial charge in [-0.2, -0.15) is 18.7 Å². The van der Waals surface area contributed by atoms with Crippen molar-refractivity contribution in [3.05, 3.63) is 243 Å². The standard InChI is InChI=1S/C48H40N4P.BrH/c1-9-25-41(26-10-1)49(42-27-11-2-12-28-42)53(50(43-29-13-3-14-30-43)44-31-15-4-16-32-44,51(45-33-17-5-18-34-45)46-35-19-6-20-36-46)52(47-37-21-7-22-38-47)48-39-23-8-24-40-48;/h1-40H;1H/q+1;/p-1. The van der Waals surface area contributed by atoms with Crippen molar-refractivity contribution in [2.75, 3.05) is 18.7 Å². The van der Waals surface area contributed by atoms with E-state index in [-0.39, 0.29) is 17.0 Å². The van der Waals surface area contributed by atoms with E-state index in [4.69, 9.17) is 0 Å². The van der Waals surface area contributed by atoms with Crippen LogP contribution in [0, 0.1) is 0 Å². The van der Waals surface area contributed by atoms with Crippen molar-refractivity contribution in [1.82, 2.24) is 0 Å². The highest BCUT2D eigenvalue weighted by molar-refractivity contribution is 7.83. The van der Waals surface area contributed by atoms with Crippen LogP contribution >= 0.6 is 7.87 Å². The maximum absolute atomic E-state index is 3.38. The first-order valence-electron chi connectivity index (χ1n) is 17.9. The van der Waals surface area contributed by atoms with Gasteiger partial charge in [0.25, 0.3) is 0 Å². The lowest BCUT2D eigenvalue weighted by molar-refractivity contribution is -0.0000102. The molecule has 0 saturated carbocycles. The lowest BCUT2D eigenvalue weighted by atomic mass is 10.2. The molecule has 0 fully saturated rings. The molecule has 0 unspecified atom stereocenters. The maximum atomic E-state index is 2.59. The molecule has 0 radical (unpaired) electrons. The Morgan fingerprint density at radius 2 is 0.296 bits per heavy atom. The molecule has 0 N–H and O–H groups in total. The van der Waals surface area contributed by atoms with Crippen molar-refractivity contribution >= 4 is 53.4 Å². The molecule has 0 aromatic heterocycles. The predicted octanol–water partition coefficient (Wildman–Crippen LogP) is 11.0. The average molecular weight is 784 g/mol. The smallest absolute Gasteiger partial charge is 0.424 e. The number of hydrogen-bond donors (Lipinski definition) is 0. The molecule has 0 aliphatic carbocycles. The fourth-order valence-corrected chi connectivity index (χ4v) is 11.5. The molecule has 264 valence electrons. The number of halogens is 1. The zero-order valence-corrected chi connectivity index (χ0v) is 32.2. The zero-order valence-electron chi connectivity index (χ0n) is 29.7. The SMILES string of the molecule is [Br-].c1ccc(N(c2ccccc2)[P+](N(c2ccccc2)c2ccccc2)(N(c2ccccc2)c2ccccc2)N(c2ccccc2)c2ccccc2)cc1. The van der Waals surface area contributed by atoms with Crippen molar-refractivity contribution in [1.29, 1.82) is 0 Å². The molecule has 8 aromatic carbocycles. The Morgan fingerprint density at radius 1 is 0.185 bits per heavy atom. The molecule has 0 bridgehead atoms. The summed E-state index contributed by atoms with van der Waals surface area (Å²) in [6.07, 6.45) is 0. The van der Waals surface area contributed by atoms with Crippen LogP contribution in [0.5, 0.6) is 0 Å². The van der Waals surface area contributed by atoms with Crippen molar-refractivity contribution in [2.24, 2.45) is 0 Å². The second-order valence-corrected chi connectivity index (χ2v) is 15.1. The van der Waals surface area contributed by atoms with Crippen LogP contribution in [0.15, 0.2) is 243 Å². The van der Waals surface area contributed by atoms with Gasteiger partial charge < -0.3 is 17.0 Å². The second-order valence-electron chi connectivity index (χ2n) is 12.5. The predicted molar refractivity (Wildman–Crippen MR) is 227 cm³/mol. The molecule has 0 amide bonds. The summed E-state index contributed by atoms with van der Waals surface area (Å²) in [5, 5.41) is 0. The quantitative estimate of drug-likeness (QED) is 0.114. The van der Waals surface area contributed by atoms with Gasteiger partial charge in [-0.3, -0.25) is 0 Å². The van der Waals surface area contributed by atoms with Gasteiger partial charge in [0.1, 0.15) is 0 Å². The monoisotopic (exact) mass is 782 g/mol. The molecule has 0 aliphatic rings. The van der Waals surface area contributed by atoms with Gasteiger partial charge in [0, 0.05) is 0 Å². The summed E-state index contributed by atoms with van der Waals surface area (Å²) >= 11 is 0. The number of hydrogen-bond acceptors (Lipinski definition) is 4. The first-order valence-corrected chi connectivity index (χ1v) is 19.5. The third-order valence-corrected chi connectivity index (χ3v) is 13.1. The Balaban J connectivity index is 0.00000450. The van der Waals surface area contributed by atoms with Crippen molar-refractivity contribution in [2.45, 2.75) is 0 Å². The number of para-hydroxylation sites is 8. The summed E-state index contributed by atoms with van der Waals surface area (Å²) in [6, 6.07) is 86.7. The van der Waals surface area contributed by atoms with E-state index in [0.717, 1.165) is 45.5 Å². The highest BCUT2D eigenvalue weighted by atomic mass is 79.9. The van der Waals surface area contributed by atoms with Crippen molar-refractivity contribution < 1.29 is 17.0 Å². The van der Waals surface area contributed by atoms with Gasteiger partial charge in [0.05, 0.1) is 45.5 Å². The van der Waals surface area contributed by atoms with Crippen molar-refractivity contribution in [3.8, 4) is 0 Å². The third kappa shape index (κ3) is 7.12. The van der Waals surface area contributed by atoms with Crippen LogP contribution in [0.2, 0.25) is 0 Å². The number of rotatable bonds is 12. The molecule has 54 heavy (non-hydrogen) atoms. The minimum atomic E-state index is -3.38. The third-order valence-electron chi connectivity index (χ3n) is 9.08. The Hall–Kier alpha value is -6.13. The molecule has 0 heterocycles. The molecule has 8 rings (SSSR count). The highest BCUT2D eigenvalue weighted by Gasteiger charge is 2.66. The minimum Gasteiger partial charge on any atom is -1.00 e. The van der Waals surface area contributed by atoms with Gasteiger partial charge in [-0.25, -0.2) is 0 Å². The molecular formula is C48H40BrN4P. The largest absolute Gasteiger partial charge is 1.00 e. The van der Waals surface area contributed by atoms with E-state index in [1.165, 1.54) is 0 Å². The van der Waals surface area contributed by atoms with Gasteiger partial charge in [0.2, 0.25) is 0 Å². The van der Waals surface area contributed by atoms with E-state index in [2.05, 4.69) is 261 Å². The number of benzene rings is 8. The summed E-state index contributed by atoms with van der Waals surface area (Å²) in [4.78, 5) is 0. The summed E-state index contributed by atoms with van der Waals surface area (Å²) < 4.78 is 10.4. The van der Waals surface area contributed by atoms with Crippen LogP contribution in [0.25, 0.3) is 0 Å². The average Bonchev–Trinajstić information content (AvgIpc) is 3.24. The Bertz CT molecular complexity index is 1790. The summed E-state index contributed by atoms with van der Waals surface area (Å²) in [7, 11) is -3.38. The first kappa shape index (κ1) is 36.2. The second kappa shape index (κ2) is 17.1. The molecule has 6 heteroatoms. The summed E-state index contributed by atoms with van der Waals surface area (Å²) in [5.41, 5.74) is 8.43. The number of anilines is 8. The topological polar surface area (TPSA) is 13.0 Å². The van der Waals surface area contributed by atoms with Crippen LogP contribution in [0.3, 0.4) is 0 Å². The Kier molecular flexibility index (Phi) is 11.5. The van der Waals surface area contributed by atoms with Gasteiger partial charge in [-0.05, 0) is 97.1 Å². The van der Waals surface area contributed by atoms with E-state index < -0.39 is 7.87 Å².